The van der Waals surface area contributed by atoms with Crippen molar-refractivity contribution in [3.63, 3.8) is 0 Å². The number of likely N-dealkylation sites (tertiary alicyclic amines) is 1. The second-order valence-electron chi connectivity index (χ2n) is 13.0. The fraction of sp³-hybridized carbons (Fsp3) is 0.581. The van der Waals surface area contributed by atoms with E-state index >= 15 is 0 Å². The van der Waals surface area contributed by atoms with E-state index in [-0.39, 0.29) is 29.3 Å². The molecular formula is C31H37N3O3. The van der Waals surface area contributed by atoms with Crippen molar-refractivity contribution in [2.45, 2.75) is 86.9 Å². The Bertz CT molecular complexity index is 1350. The number of aliphatic hydroxyl groups excluding tert-OH is 2. The van der Waals surface area contributed by atoms with Crippen LogP contribution in [-0.4, -0.2) is 68.7 Å². The van der Waals surface area contributed by atoms with Crippen molar-refractivity contribution in [2.24, 2.45) is 17.1 Å². The lowest BCUT2D eigenvalue weighted by Crippen LogP contribution is -2.68. The van der Waals surface area contributed by atoms with E-state index in [2.05, 4.69) is 47.2 Å². The van der Waals surface area contributed by atoms with E-state index in [0.717, 1.165) is 57.0 Å². The van der Waals surface area contributed by atoms with Crippen LogP contribution in [0, 0.1) is 11.3 Å². The standard InChI is InChI=1S/C31H37N3O3/c1-29-8-6-22-13-21-4-5-24(34-16-23(32)17-34)28(36)31(21)10-9-30(22,37-31)26(29)14-25(35)27(29)19-3-2-18-7-11-33-15-20(18)12-19/h2-3,6-7,11-13,15,23-28,35-36H,4-5,8-10,14,16-17,32H2,1H3/t24-,25-,26-,27+,28-,29+,30?,31+/m1/s1. The Morgan fingerprint density at radius 3 is 2.78 bits per heavy atom. The Balaban J connectivity index is 1.18. The van der Waals surface area contributed by atoms with Crippen LogP contribution in [0.2, 0.25) is 0 Å². The summed E-state index contributed by atoms with van der Waals surface area (Å²) in [7, 11) is 0. The van der Waals surface area contributed by atoms with E-state index in [1.54, 1.807) is 0 Å². The molecule has 1 unspecified atom stereocenters. The van der Waals surface area contributed by atoms with E-state index in [4.69, 9.17) is 10.5 Å². The normalized spacial score (nSPS) is 45.0. The molecule has 6 aliphatic rings. The molecule has 1 aromatic carbocycles. The number of nitrogens with zero attached hydrogens (tertiary/aromatic N) is 2. The van der Waals surface area contributed by atoms with Crippen molar-refractivity contribution in [1.82, 2.24) is 9.88 Å². The number of aromatic nitrogens is 1. The molecule has 8 atom stereocenters. The van der Waals surface area contributed by atoms with Crippen molar-refractivity contribution in [3.8, 4) is 0 Å². The first kappa shape index (κ1) is 22.9. The lowest BCUT2D eigenvalue weighted by Gasteiger charge is -2.57. The molecule has 6 heteroatoms. The minimum Gasteiger partial charge on any atom is -0.392 e. The Labute approximate surface area is 218 Å². The molecule has 2 saturated heterocycles. The van der Waals surface area contributed by atoms with Crippen molar-refractivity contribution >= 4 is 10.8 Å². The number of allylic oxidation sites excluding steroid dienone is 1. The molecule has 4 heterocycles. The molecule has 2 aromatic rings. The van der Waals surface area contributed by atoms with Crippen LogP contribution in [0.25, 0.3) is 10.8 Å². The number of pyridine rings is 1. The maximum atomic E-state index is 11.8. The summed E-state index contributed by atoms with van der Waals surface area (Å²) in [6.45, 7) is 4.09. The number of aliphatic hydroxyl groups is 2. The van der Waals surface area contributed by atoms with E-state index in [1.807, 2.05) is 18.5 Å². The zero-order chi connectivity index (χ0) is 25.2. The highest BCUT2D eigenvalue weighted by Gasteiger charge is 2.70. The van der Waals surface area contributed by atoms with Gasteiger partial charge in [-0.1, -0.05) is 31.2 Å². The third-order valence-electron chi connectivity index (χ3n) is 11.3. The highest BCUT2D eigenvalue weighted by molar-refractivity contribution is 5.82. The predicted molar refractivity (Wildman–Crippen MR) is 142 cm³/mol. The van der Waals surface area contributed by atoms with E-state index in [0.29, 0.717) is 0 Å². The summed E-state index contributed by atoms with van der Waals surface area (Å²) in [5.41, 5.74) is 8.70. The molecule has 8 rings (SSSR count). The first-order valence-electron chi connectivity index (χ1n) is 14.2. The first-order valence-corrected chi connectivity index (χ1v) is 14.2. The summed E-state index contributed by atoms with van der Waals surface area (Å²) >= 11 is 0. The van der Waals surface area contributed by atoms with Crippen LogP contribution in [0.15, 0.2) is 60.0 Å². The zero-order valence-corrected chi connectivity index (χ0v) is 21.5. The average Bonchev–Trinajstić information content (AvgIpc) is 3.35. The minimum atomic E-state index is -0.601. The number of hydrogen-bond donors (Lipinski definition) is 3. The smallest absolute Gasteiger partial charge is 0.118 e. The van der Waals surface area contributed by atoms with Gasteiger partial charge in [0.2, 0.25) is 0 Å². The number of hydrogen-bond acceptors (Lipinski definition) is 6. The van der Waals surface area contributed by atoms with Gasteiger partial charge in [0, 0.05) is 54.8 Å². The molecule has 3 aliphatic carbocycles. The quantitative estimate of drug-likeness (QED) is 0.587. The fourth-order valence-corrected chi connectivity index (χ4v) is 9.52. The maximum Gasteiger partial charge on any atom is 0.118 e. The Morgan fingerprint density at radius 2 is 1.95 bits per heavy atom. The van der Waals surface area contributed by atoms with Crippen LogP contribution in [-0.2, 0) is 4.74 Å². The summed E-state index contributed by atoms with van der Waals surface area (Å²) in [6.07, 6.45) is 12.9. The van der Waals surface area contributed by atoms with Gasteiger partial charge in [0.25, 0.3) is 0 Å². The molecule has 37 heavy (non-hydrogen) atoms. The van der Waals surface area contributed by atoms with Gasteiger partial charge in [-0.15, -0.1) is 0 Å². The summed E-state index contributed by atoms with van der Waals surface area (Å²) in [4.78, 5) is 6.68. The Morgan fingerprint density at radius 1 is 1.11 bits per heavy atom. The van der Waals surface area contributed by atoms with Gasteiger partial charge in [0.1, 0.15) is 11.7 Å². The van der Waals surface area contributed by atoms with Crippen molar-refractivity contribution in [3.05, 3.63) is 65.5 Å². The second kappa shape index (κ2) is 7.51. The minimum absolute atomic E-state index is 0.0337. The maximum absolute atomic E-state index is 11.8. The van der Waals surface area contributed by atoms with E-state index < -0.39 is 23.4 Å². The van der Waals surface area contributed by atoms with E-state index in [9.17, 15) is 10.2 Å². The SMILES string of the molecule is C[C@]12CC=C3C=C4CC[C@@H](N5CC(N)C5)[C@@H](O)[C@]45CCC3(O5)[C@@H]1C[C@@H](O)[C@@H]2c1ccc2ccncc2c1. The Hall–Kier alpha value is -2.09. The fourth-order valence-electron chi connectivity index (χ4n) is 9.52. The Kier molecular flexibility index (Phi) is 4.64. The summed E-state index contributed by atoms with van der Waals surface area (Å²) in [5, 5.41) is 25.7. The number of fused-ring (bicyclic) bond motifs is 2. The van der Waals surface area contributed by atoms with Crippen molar-refractivity contribution in [2.75, 3.05) is 13.1 Å². The average molecular weight is 500 g/mol. The molecule has 4 fully saturated rings. The summed E-state index contributed by atoms with van der Waals surface area (Å²) in [5.74, 6) is 0.234. The highest BCUT2D eigenvalue weighted by Crippen LogP contribution is 2.69. The van der Waals surface area contributed by atoms with Gasteiger partial charge < -0.3 is 20.7 Å². The molecule has 1 aromatic heterocycles. The molecule has 2 bridgehead atoms. The monoisotopic (exact) mass is 499 g/mol. The van der Waals surface area contributed by atoms with Crippen LogP contribution in [0.5, 0.6) is 0 Å². The van der Waals surface area contributed by atoms with Crippen LogP contribution < -0.4 is 5.73 Å². The largest absolute Gasteiger partial charge is 0.392 e. The van der Waals surface area contributed by atoms with Gasteiger partial charge in [-0.3, -0.25) is 9.88 Å². The van der Waals surface area contributed by atoms with Crippen LogP contribution in [0.3, 0.4) is 0 Å². The molecule has 0 radical (unpaired) electrons. The van der Waals surface area contributed by atoms with Gasteiger partial charge in [0.05, 0.1) is 11.7 Å². The predicted octanol–water partition coefficient (Wildman–Crippen LogP) is 3.43. The van der Waals surface area contributed by atoms with Gasteiger partial charge in [-0.2, -0.15) is 0 Å². The second-order valence-corrected chi connectivity index (χ2v) is 13.0. The van der Waals surface area contributed by atoms with Crippen molar-refractivity contribution in [1.29, 1.82) is 0 Å². The van der Waals surface area contributed by atoms with Crippen molar-refractivity contribution < 1.29 is 14.9 Å². The van der Waals surface area contributed by atoms with E-state index in [1.165, 1.54) is 22.1 Å². The lowest BCUT2D eigenvalue weighted by molar-refractivity contribution is -0.190. The highest BCUT2D eigenvalue weighted by atomic mass is 16.5. The van der Waals surface area contributed by atoms with Crippen LogP contribution in [0.1, 0.15) is 56.9 Å². The third-order valence-corrected chi connectivity index (χ3v) is 11.3. The van der Waals surface area contributed by atoms with Gasteiger partial charge in [-0.25, -0.2) is 0 Å². The van der Waals surface area contributed by atoms with Gasteiger partial charge >= 0.3 is 0 Å². The number of rotatable bonds is 2. The first-order chi connectivity index (χ1) is 17.8. The third kappa shape index (κ3) is 2.86. The van der Waals surface area contributed by atoms with Gasteiger partial charge in [0.15, 0.2) is 0 Å². The molecule has 0 amide bonds. The molecule has 2 saturated carbocycles. The zero-order valence-electron chi connectivity index (χ0n) is 21.5. The topological polar surface area (TPSA) is 91.8 Å². The molecule has 2 spiro atoms. The molecule has 3 aliphatic heterocycles. The van der Waals surface area contributed by atoms with Gasteiger partial charge in [-0.05, 0) is 78.2 Å². The molecule has 6 nitrogen and oxygen atoms in total. The molecule has 4 N–H and O–H groups in total. The van der Waals surface area contributed by atoms with Crippen LogP contribution in [0.4, 0.5) is 0 Å². The number of nitrogens with two attached hydrogens (primary N) is 1. The summed E-state index contributed by atoms with van der Waals surface area (Å²) < 4.78 is 7.28. The number of benzene rings is 1. The summed E-state index contributed by atoms with van der Waals surface area (Å²) in [6, 6.07) is 8.96. The lowest BCUT2D eigenvalue weighted by atomic mass is 9.58. The molecule has 194 valence electrons. The number of ether oxygens (including phenoxy) is 1. The molecular weight excluding hydrogens is 462 g/mol. The van der Waals surface area contributed by atoms with Crippen LogP contribution >= 0.6 is 0 Å².